The summed E-state index contributed by atoms with van der Waals surface area (Å²) in [7, 11) is 1.99. The van der Waals surface area contributed by atoms with Crippen LogP contribution in [0.25, 0.3) is 0 Å². The van der Waals surface area contributed by atoms with Gasteiger partial charge >= 0.3 is 0 Å². The molecule has 1 saturated carbocycles. The Labute approximate surface area is 125 Å². The first-order valence-corrected chi connectivity index (χ1v) is 8.20. The highest BCUT2D eigenvalue weighted by Gasteiger charge is 2.29. The topological polar surface area (TPSA) is 58.4 Å². The van der Waals surface area contributed by atoms with Gasteiger partial charge in [0.2, 0.25) is 5.91 Å². The van der Waals surface area contributed by atoms with Crippen LogP contribution in [0.2, 0.25) is 0 Å². The number of amides is 1. The summed E-state index contributed by atoms with van der Waals surface area (Å²) in [4.78, 5) is 15.4. The highest BCUT2D eigenvalue weighted by molar-refractivity contribution is 7.10. The minimum Gasteiger partial charge on any atom is -0.352 e. The average molecular weight is 295 g/mol. The predicted octanol–water partition coefficient (Wildman–Crippen LogP) is 2.05. The molecule has 2 atom stereocenters. The number of rotatable bonds is 7. The van der Waals surface area contributed by atoms with Crippen molar-refractivity contribution in [1.29, 1.82) is 0 Å². The zero-order valence-corrected chi connectivity index (χ0v) is 13.4. The quantitative estimate of drug-likeness (QED) is 0.809. The molecule has 20 heavy (non-hydrogen) atoms. The standard InChI is InChI=1S/C15H25N3OS/c1-4-12(16)14(15-10(2)7-8-20-15)18(3)9-13(19)17-11-5-6-11/h7-8,11-12,14H,4-6,9,16H2,1-3H3,(H,17,19). The molecule has 0 saturated heterocycles. The Morgan fingerprint density at radius 1 is 1.60 bits per heavy atom. The van der Waals surface area contributed by atoms with Gasteiger partial charge in [-0.1, -0.05) is 6.92 Å². The first-order chi connectivity index (χ1) is 9.52. The molecule has 3 N–H and O–H groups in total. The fraction of sp³-hybridized carbons (Fsp3) is 0.667. The van der Waals surface area contributed by atoms with Crippen molar-refractivity contribution >= 4 is 17.2 Å². The molecule has 5 heteroatoms. The molecule has 1 aromatic rings. The van der Waals surface area contributed by atoms with Gasteiger partial charge in [0, 0.05) is 17.0 Å². The molecule has 0 aromatic carbocycles. The van der Waals surface area contributed by atoms with Crippen LogP contribution in [0.3, 0.4) is 0 Å². The van der Waals surface area contributed by atoms with Crippen LogP contribution >= 0.6 is 11.3 Å². The molecule has 2 unspecified atom stereocenters. The van der Waals surface area contributed by atoms with E-state index >= 15 is 0 Å². The van der Waals surface area contributed by atoms with Crippen LogP contribution in [0.5, 0.6) is 0 Å². The largest absolute Gasteiger partial charge is 0.352 e. The van der Waals surface area contributed by atoms with Gasteiger partial charge < -0.3 is 11.1 Å². The molecule has 2 rings (SSSR count). The molecule has 1 aliphatic rings. The monoisotopic (exact) mass is 295 g/mol. The lowest BCUT2D eigenvalue weighted by atomic mass is 10.0. The van der Waals surface area contributed by atoms with Crippen LogP contribution in [0, 0.1) is 6.92 Å². The Bertz CT molecular complexity index is 456. The summed E-state index contributed by atoms with van der Waals surface area (Å²) in [5.74, 6) is 0.109. The Balaban J connectivity index is 2.05. The Hall–Kier alpha value is -0.910. The van der Waals surface area contributed by atoms with Crippen LogP contribution < -0.4 is 11.1 Å². The van der Waals surface area contributed by atoms with E-state index in [1.165, 1.54) is 10.4 Å². The van der Waals surface area contributed by atoms with Crippen molar-refractivity contribution in [3.05, 3.63) is 21.9 Å². The van der Waals surface area contributed by atoms with E-state index in [2.05, 4.69) is 35.5 Å². The first kappa shape index (κ1) is 15.5. The fourth-order valence-corrected chi connectivity index (χ4v) is 3.62. The van der Waals surface area contributed by atoms with E-state index in [1.54, 1.807) is 11.3 Å². The van der Waals surface area contributed by atoms with Gasteiger partial charge in [0.05, 0.1) is 12.6 Å². The summed E-state index contributed by atoms with van der Waals surface area (Å²) in [6.45, 7) is 4.62. The number of nitrogens with zero attached hydrogens (tertiary/aromatic N) is 1. The maximum absolute atomic E-state index is 12.0. The number of likely N-dealkylation sites (N-methyl/N-ethyl adjacent to an activating group) is 1. The van der Waals surface area contributed by atoms with E-state index in [0.29, 0.717) is 12.6 Å². The van der Waals surface area contributed by atoms with Gasteiger partial charge in [-0.2, -0.15) is 0 Å². The van der Waals surface area contributed by atoms with E-state index in [1.807, 2.05) is 7.05 Å². The van der Waals surface area contributed by atoms with E-state index in [4.69, 9.17) is 5.73 Å². The van der Waals surface area contributed by atoms with Crippen molar-refractivity contribution in [2.24, 2.45) is 5.73 Å². The molecular weight excluding hydrogens is 270 g/mol. The molecule has 1 aliphatic carbocycles. The van der Waals surface area contributed by atoms with E-state index in [9.17, 15) is 4.79 Å². The highest BCUT2D eigenvalue weighted by Crippen LogP contribution is 2.31. The van der Waals surface area contributed by atoms with Crippen molar-refractivity contribution < 1.29 is 4.79 Å². The lowest BCUT2D eigenvalue weighted by Crippen LogP contribution is -2.44. The zero-order chi connectivity index (χ0) is 14.7. The molecule has 4 nitrogen and oxygen atoms in total. The zero-order valence-electron chi connectivity index (χ0n) is 12.6. The molecule has 0 radical (unpaired) electrons. The summed E-state index contributed by atoms with van der Waals surface area (Å²) in [5.41, 5.74) is 7.56. The molecule has 0 spiro atoms. The third kappa shape index (κ3) is 3.81. The maximum atomic E-state index is 12.0. The second-order valence-corrected chi connectivity index (χ2v) is 6.69. The van der Waals surface area contributed by atoms with Crippen molar-refractivity contribution in [2.45, 2.75) is 51.2 Å². The summed E-state index contributed by atoms with van der Waals surface area (Å²) < 4.78 is 0. The van der Waals surface area contributed by atoms with Gasteiger partial charge in [0.15, 0.2) is 0 Å². The van der Waals surface area contributed by atoms with Gasteiger partial charge in [0.25, 0.3) is 0 Å². The van der Waals surface area contributed by atoms with Crippen molar-refractivity contribution in [3.63, 3.8) is 0 Å². The lowest BCUT2D eigenvalue weighted by molar-refractivity contribution is -0.122. The maximum Gasteiger partial charge on any atom is 0.234 e. The van der Waals surface area contributed by atoms with E-state index < -0.39 is 0 Å². The minimum atomic E-state index is 0.0473. The predicted molar refractivity (Wildman–Crippen MR) is 83.9 cm³/mol. The van der Waals surface area contributed by atoms with E-state index in [0.717, 1.165) is 19.3 Å². The number of hydrogen-bond acceptors (Lipinski definition) is 4. The average Bonchev–Trinajstić information content (AvgIpc) is 3.11. The smallest absolute Gasteiger partial charge is 0.234 e. The normalized spacial score (nSPS) is 18.1. The number of hydrogen-bond donors (Lipinski definition) is 2. The summed E-state index contributed by atoms with van der Waals surface area (Å²) in [6.07, 6.45) is 3.14. The molecule has 0 bridgehead atoms. The number of carbonyl (C=O) groups is 1. The molecular formula is C15H25N3OS. The number of carbonyl (C=O) groups excluding carboxylic acids is 1. The summed E-state index contributed by atoms with van der Waals surface area (Å²) in [5, 5.41) is 5.13. The molecule has 1 fully saturated rings. The summed E-state index contributed by atoms with van der Waals surface area (Å²) >= 11 is 1.73. The molecule has 1 heterocycles. The van der Waals surface area contributed by atoms with Crippen LogP contribution in [-0.4, -0.2) is 36.5 Å². The van der Waals surface area contributed by atoms with E-state index in [-0.39, 0.29) is 18.0 Å². The fourth-order valence-electron chi connectivity index (χ4n) is 2.46. The molecule has 1 aromatic heterocycles. The lowest BCUT2D eigenvalue weighted by Gasteiger charge is -2.31. The van der Waals surface area contributed by atoms with Gasteiger partial charge in [-0.3, -0.25) is 9.69 Å². The number of nitrogens with two attached hydrogens (primary N) is 1. The molecule has 0 aliphatic heterocycles. The second kappa shape index (κ2) is 6.70. The molecule has 1 amide bonds. The van der Waals surface area contributed by atoms with Crippen LogP contribution in [0.15, 0.2) is 11.4 Å². The number of nitrogens with one attached hydrogen (secondary N) is 1. The van der Waals surface area contributed by atoms with Crippen LogP contribution in [0.4, 0.5) is 0 Å². The highest BCUT2D eigenvalue weighted by atomic mass is 32.1. The summed E-state index contributed by atoms with van der Waals surface area (Å²) in [6, 6.07) is 2.70. The Kier molecular flexibility index (Phi) is 5.18. The number of thiophene rings is 1. The van der Waals surface area contributed by atoms with Crippen molar-refractivity contribution in [1.82, 2.24) is 10.2 Å². The minimum absolute atomic E-state index is 0.0473. The van der Waals surface area contributed by atoms with Crippen molar-refractivity contribution in [3.8, 4) is 0 Å². The van der Waals surface area contributed by atoms with Gasteiger partial charge in [-0.25, -0.2) is 0 Å². The van der Waals surface area contributed by atoms with Gasteiger partial charge in [-0.15, -0.1) is 11.3 Å². The SMILES string of the molecule is CCC(N)C(c1sccc1C)N(C)CC(=O)NC1CC1. The Morgan fingerprint density at radius 3 is 2.80 bits per heavy atom. The second-order valence-electron chi connectivity index (χ2n) is 5.74. The first-order valence-electron chi connectivity index (χ1n) is 7.32. The van der Waals surface area contributed by atoms with Crippen LogP contribution in [-0.2, 0) is 4.79 Å². The Morgan fingerprint density at radius 2 is 2.30 bits per heavy atom. The van der Waals surface area contributed by atoms with Crippen molar-refractivity contribution in [2.75, 3.05) is 13.6 Å². The number of aryl methyl sites for hydroxylation is 1. The third-order valence-electron chi connectivity index (χ3n) is 3.86. The van der Waals surface area contributed by atoms with Gasteiger partial charge in [-0.05, 0) is 50.2 Å². The molecule has 112 valence electrons. The van der Waals surface area contributed by atoms with Gasteiger partial charge in [0.1, 0.15) is 0 Å². The third-order valence-corrected chi connectivity index (χ3v) is 4.95. The van der Waals surface area contributed by atoms with Crippen LogP contribution in [0.1, 0.15) is 42.7 Å².